The van der Waals surface area contributed by atoms with Crippen molar-refractivity contribution < 1.29 is 9.53 Å². The van der Waals surface area contributed by atoms with Crippen molar-refractivity contribution in [3.63, 3.8) is 0 Å². The summed E-state index contributed by atoms with van der Waals surface area (Å²) < 4.78 is 11.0. The molecule has 1 saturated heterocycles. The van der Waals surface area contributed by atoms with Crippen molar-refractivity contribution in [3.8, 4) is 5.75 Å². The predicted octanol–water partition coefficient (Wildman–Crippen LogP) is 3.27. The average Bonchev–Trinajstić information content (AvgIpc) is 3.12. The minimum Gasteiger partial charge on any atom is -0.497 e. The number of rotatable bonds is 3. The van der Waals surface area contributed by atoms with Crippen LogP contribution in [-0.2, 0) is 0 Å². The fourth-order valence-corrected chi connectivity index (χ4v) is 3.96. The van der Waals surface area contributed by atoms with Crippen molar-refractivity contribution in [2.45, 2.75) is 0 Å². The smallest absolute Gasteiger partial charge is 0.254 e. The van der Waals surface area contributed by atoms with Gasteiger partial charge in [0.25, 0.3) is 5.91 Å². The number of ether oxygens (including phenoxy) is 1. The Morgan fingerprint density at radius 2 is 1.88 bits per heavy atom. The quantitative estimate of drug-likeness (QED) is 0.725. The molecule has 25 heavy (non-hydrogen) atoms. The number of carbonyl (C=O) groups excluding carboxylic acids is 1. The first-order chi connectivity index (χ1) is 12.3. The highest BCUT2D eigenvalue weighted by Gasteiger charge is 2.24. The molecule has 1 aromatic heterocycles. The predicted molar refractivity (Wildman–Crippen MR) is 101 cm³/mol. The van der Waals surface area contributed by atoms with Gasteiger partial charge in [-0.3, -0.25) is 4.79 Å². The minimum atomic E-state index is 0.0571. The summed E-state index contributed by atoms with van der Waals surface area (Å²) in [5.41, 5.74) is 0.673. The van der Waals surface area contributed by atoms with Gasteiger partial charge in [0.15, 0.2) is 0 Å². The van der Waals surface area contributed by atoms with Gasteiger partial charge in [-0.2, -0.15) is 4.37 Å². The molecule has 2 heterocycles. The maximum Gasteiger partial charge on any atom is 0.254 e. The van der Waals surface area contributed by atoms with Gasteiger partial charge in [0.2, 0.25) is 0 Å². The fraction of sp³-hybridized carbons (Fsp3) is 0.263. The highest BCUT2D eigenvalue weighted by atomic mass is 32.1. The maximum absolute atomic E-state index is 12.7. The number of aromatic nitrogens is 1. The summed E-state index contributed by atoms with van der Waals surface area (Å²) in [6, 6.07) is 15.6. The van der Waals surface area contributed by atoms with Crippen LogP contribution in [0.4, 0.5) is 5.82 Å². The number of fused-ring (bicyclic) bond motifs is 1. The Balaban J connectivity index is 1.47. The van der Waals surface area contributed by atoms with Crippen LogP contribution in [0.2, 0.25) is 0 Å². The number of hydrogen-bond donors (Lipinski definition) is 0. The number of amides is 1. The lowest BCUT2D eigenvalue weighted by Gasteiger charge is -2.35. The molecule has 0 saturated carbocycles. The molecule has 0 unspecified atom stereocenters. The molecule has 4 rings (SSSR count). The largest absolute Gasteiger partial charge is 0.497 e. The van der Waals surface area contributed by atoms with Gasteiger partial charge in [-0.15, -0.1) is 0 Å². The van der Waals surface area contributed by atoms with Gasteiger partial charge in [0.05, 0.1) is 11.8 Å². The van der Waals surface area contributed by atoms with Crippen molar-refractivity contribution >= 4 is 33.3 Å². The SMILES string of the molecule is COc1cccc(C(=O)N2CCN(c3nsc4ccccc34)CC2)c1. The second-order valence-electron chi connectivity index (χ2n) is 6.01. The highest BCUT2D eigenvalue weighted by molar-refractivity contribution is 7.13. The summed E-state index contributed by atoms with van der Waals surface area (Å²) in [5, 5.41) is 1.19. The summed E-state index contributed by atoms with van der Waals surface area (Å²) in [6.07, 6.45) is 0. The van der Waals surface area contributed by atoms with E-state index in [-0.39, 0.29) is 5.91 Å². The molecule has 0 N–H and O–H groups in total. The zero-order valence-electron chi connectivity index (χ0n) is 14.0. The van der Waals surface area contributed by atoms with Gasteiger partial charge in [-0.1, -0.05) is 18.2 Å². The number of nitrogens with zero attached hydrogens (tertiary/aromatic N) is 3. The van der Waals surface area contributed by atoms with E-state index in [9.17, 15) is 4.79 Å². The molecule has 1 amide bonds. The fourth-order valence-electron chi connectivity index (χ4n) is 3.16. The zero-order chi connectivity index (χ0) is 17.2. The molecule has 128 valence electrons. The zero-order valence-corrected chi connectivity index (χ0v) is 14.8. The van der Waals surface area contributed by atoms with Crippen LogP contribution in [0.5, 0.6) is 5.75 Å². The van der Waals surface area contributed by atoms with E-state index in [1.807, 2.05) is 35.2 Å². The summed E-state index contributed by atoms with van der Waals surface area (Å²) in [4.78, 5) is 16.9. The normalized spacial score (nSPS) is 14.8. The molecule has 0 bridgehead atoms. The Bertz CT molecular complexity index is 900. The Kier molecular flexibility index (Phi) is 4.28. The lowest BCUT2D eigenvalue weighted by atomic mass is 10.1. The minimum absolute atomic E-state index is 0.0571. The molecule has 1 fully saturated rings. The topological polar surface area (TPSA) is 45.7 Å². The molecule has 6 heteroatoms. The van der Waals surface area contributed by atoms with Crippen molar-refractivity contribution in [3.05, 3.63) is 54.1 Å². The van der Waals surface area contributed by atoms with Gasteiger partial charge in [0.1, 0.15) is 11.6 Å². The molecule has 1 aliphatic rings. The molecule has 1 aliphatic heterocycles. The Hall–Kier alpha value is -2.60. The Labute approximate surface area is 150 Å². The summed E-state index contributed by atoms with van der Waals surface area (Å²) >= 11 is 1.53. The first-order valence-corrected chi connectivity index (χ1v) is 9.06. The first-order valence-electron chi connectivity index (χ1n) is 8.29. The average molecular weight is 353 g/mol. The van der Waals surface area contributed by atoms with Crippen LogP contribution in [0.1, 0.15) is 10.4 Å². The summed E-state index contributed by atoms with van der Waals surface area (Å²) in [5.74, 6) is 1.80. The van der Waals surface area contributed by atoms with Gasteiger partial charge in [-0.25, -0.2) is 0 Å². The monoisotopic (exact) mass is 353 g/mol. The molecule has 0 spiro atoms. The van der Waals surface area contributed by atoms with E-state index in [0.29, 0.717) is 24.4 Å². The lowest BCUT2D eigenvalue weighted by molar-refractivity contribution is 0.0746. The van der Waals surface area contributed by atoms with Crippen LogP contribution in [0.15, 0.2) is 48.5 Å². The van der Waals surface area contributed by atoms with Gasteiger partial charge < -0.3 is 14.5 Å². The van der Waals surface area contributed by atoms with Crippen LogP contribution in [0.25, 0.3) is 10.1 Å². The van der Waals surface area contributed by atoms with E-state index >= 15 is 0 Å². The van der Waals surface area contributed by atoms with Crippen molar-refractivity contribution in [2.75, 3.05) is 38.2 Å². The Morgan fingerprint density at radius 3 is 2.68 bits per heavy atom. The number of benzene rings is 2. The molecule has 0 radical (unpaired) electrons. The molecule has 0 aliphatic carbocycles. The lowest BCUT2D eigenvalue weighted by Crippen LogP contribution is -2.49. The highest BCUT2D eigenvalue weighted by Crippen LogP contribution is 2.30. The van der Waals surface area contributed by atoms with Crippen LogP contribution in [-0.4, -0.2) is 48.5 Å². The third-order valence-corrected chi connectivity index (χ3v) is 5.36. The summed E-state index contributed by atoms with van der Waals surface area (Å²) in [7, 11) is 1.61. The maximum atomic E-state index is 12.7. The molecular formula is C19H19N3O2S. The number of hydrogen-bond acceptors (Lipinski definition) is 5. The van der Waals surface area contributed by atoms with Crippen molar-refractivity contribution in [1.82, 2.24) is 9.27 Å². The second kappa shape index (κ2) is 6.72. The van der Waals surface area contributed by atoms with Crippen LogP contribution < -0.4 is 9.64 Å². The molecule has 3 aromatic rings. The van der Waals surface area contributed by atoms with E-state index in [1.165, 1.54) is 21.6 Å². The van der Waals surface area contributed by atoms with E-state index in [1.54, 1.807) is 13.2 Å². The van der Waals surface area contributed by atoms with E-state index in [0.717, 1.165) is 18.9 Å². The number of piperazine rings is 1. The molecular weight excluding hydrogens is 334 g/mol. The number of anilines is 1. The number of methoxy groups -OCH3 is 1. The van der Waals surface area contributed by atoms with Gasteiger partial charge in [-0.05, 0) is 41.9 Å². The molecule has 5 nitrogen and oxygen atoms in total. The molecule has 0 atom stereocenters. The van der Waals surface area contributed by atoms with E-state index in [4.69, 9.17) is 4.74 Å². The number of carbonyl (C=O) groups is 1. The second-order valence-corrected chi connectivity index (χ2v) is 6.82. The van der Waals surface area contributed by atoms with Crippen LogP contribution >= 0.6 is 11.5 Å². The first kappa shape index (κ1) is 15.9. The van der Waals surface area contributed by atoms with Gasteiger partial charge >= 0.3 is 0 Å². The van der Waals surface area contributed by atoms with Crippen LogP contribution in [0, 0.1) is 0 Å². The van der Waals surface area contributed by atoms with Crippen LogP contribution in [0.3, 0.4) is 0 Å². The molecule has 2 aromatic carbocycles. The third-order valence-electron chi connectivity index (χ3n) is 4.54. The third kappa shape index (κ3) is 3.05. The van der Waals surface area contributed by atoms with Gasteiger partial charge in [0, 0.05) is 37.1 Å². The van der Waals surface area contributed by atoms with E-state index < -0.39 is 0 Å². The van der Waals surface area contributed by atoms with E-state index in [2.05, 4.69) is 21.4 Å². The standard InChI is InChI=1S/C19H19N3O2S/c1-24-15-6-4-5-14(13-15)19(23)22-11-9-21(10-12-22)18-16-7-2-3-8-17(16)25-20-18/h2-8,13H,9-12H2,1H3. The van der Waals surface area contributed by atoms with Crippen molar-refractivity contribution in [1.29, 1.82) is 0 Å². The van der Waals surface area contributed by atoms with Crippen molar-refractivity contribution in [2.24, 2.45) is 0 Å². The Morgan fingerprint density at radius 1 is 1.08 bits per heavy atom. The summed E-state index contributed by atoms with van der Waals surface area (Å²) in [6.45, 7) is 2.98.